The summed E-state index contributed by atoms with van der Waals surface area (Å²) in [5, 5.41) is 30.8. The van der Waals surface area contributed by atoms with Gasteiger partial charge in [0.05, 0.1) is 33.6 Å². The van der Waals surface area contributed by atoms with Crippen LogP contribution in [0.1, 0.15) is 41.4 Å². The molecule has 4 amide bonds. The molecular formula is C37H26N4Na2O13S2. The molecule has 0 bridgehead atoms. The van der Waals surface area contributed by atoms with Crippen molar-refractivity contribution in [3.05, 3.63) is 131 Å². The Morgan fingerprint density at radius 3 is 1.07 bits per heavy atom. The zero-order chi connectivity index (χ0) is 40.5. The third-order valence-corrected chi connectivity index (χ3v) is 10.0. The third kappa shape index (κ3) is 10.3. The van der Waals surface area contributed by atoms with Gasteiger partial charge in [-0.2, -0.15) is 16.8 Å². The van der Waals surface area contributed by atoms with Crippen LogP contribution < -0.4 is 21.3 Å². The normalized spacial score (nSPS) is 11.1. The standard InChI is InChI=1S/C37H26N4O13S2.2Na/c42-33(40-29-15-21-7-3-1-5-19(21)13-27(29)35(44)45)25-11-9-23(17-31(25)55(49,50)51)38-37(48)39-24-10-12-26(32(18-24)56(52,53)54)34(43)41-30-16-22-8-4-2-6-20(22)14-28(30)36(46)47;;/h1-18H,(H,40,42)(H,41,43)(H,44,45)(H,46,47)(H2,38,39,48)(H,49,50,51)(H,52,53,54);;. The molecule has 0 aliphatic rings. The second-order valence-corrected chi connectivity index (χ2v) is 14.7. The predicted molar refractivity (Wildman–Crippen MR) is 214 cm³/mol. The first kappa shape index (κ1) is 45.5. The van der Waals surface area contributed by atoms with Gasteiger partial charge in [-0.1, -0.05) is 48.5 Å². The topological polar surface area (TPSA) is 283 Å². The minimum atomic E-state index is -5.14. The zero-order valence-electron chi connectivity index (χ0n) is 30.2. The van der Waals surface area contributed by atoms with Crippen molar-refractivity contribution in [3.63, 3.8) is 0 Å². The van der Waals surface area contributed by atoms with E-state index >= 15 is 0 Å². The Balaban J connectivity index is 0.00000372. The number of carbonyl (C=O) groups is 5. The average Bonchev–Trinajstić information content (AvgIpc) is 3.13. The first-order chi connectivity index (χ1) is 26.4. The Morgan fingerprint density at radius 2 is 0.759 bits per heavy atom. The molecule has 0 aliphatic carbocycles. The Labute approximate surface area is 372 Å². The van der Waals surface area contributed by atoms with Crippen LogP contribution in [0.5, 0.6) is 0 Å². The molecule has 0 atom stereocenters. The summed E-state index contributed by atoms with van der Waals surface area (Å²) >= 11 is 0. The van der Waals surface area contributed by atoms with Crippen LogP contribution in [0, 0.1) is 0 Å². The molecular weight excluding hydrogens is 819 g/mol. The van der Waals surface area contributed by atoms with Gasteiger partial charge in [0.2, 0.25) is 0 Å². The molecule has 6 rings (SSSR count). The minimum absolute atomic E-state index is 0. The number of carboxylic acids is 2. The van der Waals surface area contributed by atoms with Crippen molar-refractivity contribution < 1.29 is 60.1 Å². The molecule has 17 nitrogen and oxygen atoms in total. The van der Waals surface area contributed by atoms with E-state index in [0.717, 1.165) is 36.4 Å². The summed E-state index contributed by atoms with van der Waals surface area (Å²) in [6.45, 7) is 0. The Hall–Kier alpha value is -5.19. The molecule has 286 valence electrons. The Bertz CT molecular complexity index is 2710. The fraction of sp³-hybridized carbons (Fsp3) is 0. The Kier molecular flexibility index (Phi) is 14.3. The molecule has 8 N–H and O–H groups in total. The molecule has 0 heterocycles. The van der Waals surface area contributed by atoms with Crippen molar-refractivity contribution in [2.24, 2.45) is 0 Å². The summed E-state index contributed by atoms with van der Waals surface area (Å²) in [7, 11) is -10.3. The average molecular weight is 845 g/mol. The first-order valence-corrected chi connectivity index (χ1v) is 18.7. The van der Waals surface area contributed by atoms with Gasteiger partial charge in [0.1, 0.15) is 9.79 Å². The number of hydrogen-bond acceptors (Lipinski definition) is 9. The van der Waals surface area contributed by atoms with Crippen molar-refractivity contribution in [1.82, 2.24) is 0 Å². The molecule has 0 aromatic heterocycles. The van der Waals surface area contributed by atoms with Crippen LogP contribution in [-0.2, 0) is 20.2 Å². The summed E-state index contributed by atoms with van der Waals surface area (Å²) < 4.78 is 69.3. The smallest absolute Gasteiger partial charge is 0.337 e. The van der Waals surface area contributed by atoms with Crippen LogP contribution in [0.3, 0.4) is 0 Å². The number of amides is 4. The number of rotatable bonds is 10. The molecule has 2 radical (unpaired) electrons. The van der Waals surface area contributed by atoms with E-state index in [4.69, 9.17) is 0 Å². The molecule has 6 aromatic carbocycles. The number of anilines is 4. The molecule has 21 heteroatoms. The molecule has 58 heavy (non-hydrogen) atoms. The van der Waals surface area contributed by atoms with E-state index in [-0.39, 0.29) is 93.0 Å². The summed E-state index contributed by atoms with van der Waals surface area (Å²) in [5.41, 5.74) is -2.76. The molecule has 6 aromatic rings. The maximum absolute atomic E-state index is 13.3. The monoisotopic (exact) mass is 844 g/mol. The van der Waals surface area contributed by atoms with Crippen molar-refractivity contribution in [2.75, 3.05) is 21.3 Å². The van der Waals surface area contributed by atoms with Gasteiger partial charge >= 0.3 is 18.0 Å². The van der Waals surface area contributed by atoms with E-state index in [0.29, 0.717) is 21.5 Å². The number of nitrogens with one attached hydrogen (secondary N) is 4. The number of hydrogen-bond donors (Lipinski definition) is 8. The summed E-state index contributed by atoms with van der Waals surface area (Å²) in [5.74, 6) is -5.01. The number of benzene rings is 6. The van der Waals surface area contributed by atoms with Crippen molar-refractivity contribution in [3.8, 4) is 0 Å². The van der Waals surface area contributed by atoms with Gasteiger partial charge in [-0.3, -0.25) is 18.7 Å². The molecule has 0 saturated carbocycles. The van der Waals surface area contributed by atoms with Crippen LogP contribution in [0.4, 0.5) is 27.5 Å². The maximum atomic E-state index is 13.3. The van der Waals surface area contributed by atoms with E-state index in [1.165, 1.54) is 24.3 Å². The first-order valence-electron chi connectivity index (χ1n) is 15.8. The van der Waals surface area contributed by atoms with Gasteiger partial charge < -0.3 is 31.5 Å². The van der Waals surface area contributed by atoms with E-state index in [1.54, 1.807) is 48.5 Å². The van der Waals surface area contributed by atoms with Gasteiger partial charge in [0, 0.05) is 70.5 Å². The van der Waals surface area contributed by atoms with Crippen molar-refractivity contribution in [1.29, 1.82) is 0 Å². The second kappa shape index (κ2) is 18.2. The van der Waals surface area contributed by atoms with Crippen LogP contribution >= 0.6 is 0 Å². The van der Waals surface area contributed by atoms with E-state index < -0.39 is 70.9 Å². The minimum Gasteiger partial charge on any atom is -0.478 e. The number of fused-ring (bicyclic) bond motifs is 2. The summed E-state index contributed by atoms with van der Waals surface area (Å²) in [4.78, 5) is 61.4. The summed E-state index contributed by atoms with van der Waals surface area (Å²) in [6.07, 6.45) is 0. The van der Waals surface area contributed by atoms with E-state index in [1.807, 2.05) is 0 Å². The van der Waals surface area contributed by atoms with Crippen LogP contribution in [0.25, 0.3) is 21.5 Å². The molecule has 0 fully saturated rings. The zero-order valence-corrected chi connectivity index (χ0v) is 35.8. The predicted octanol–water partition coefficient (Wildman–Crippen LogP) is 5.27. The van der Waals surface area contributed by atoms with Crippen LogP contribution in [-0.4, -0.2) is 125 Å². The van der Waals surface area contributed by atoms with E-state index in [2.05, 4.69) is 21.3 Å². The SMILES string of the molecule is O=C(Nc1ccc(C(=O)Nc2cc3ccccc3cc2C(=O)O)c(S(=O)(=O)O)c1)Nc1ccc(C(=O)Nc2cc3ccccc3cc2C(=O)O)c(S(=O)(=O)O)c1.[Na].[Na]. The van der Waals surface area contributed by atoms with Gasteiger partial charge in [-0.15, -0.1) is 0 Å². The largest absolute Gasteiger partial charge is 0.478 e. The van der Waals surface area contributed by atoms with Crippen molar-refractivity contribution >= 4 is 153 Å². The summed E-state index contributed by atoms with van der Waals surface area (Å²) in [6, 6.07) is 23.1. The second-order valence-electron chi connectivity index (χ2n) is 12.0. The maximum Gasteiger partial charge on any atom is 0.337 e. The fourth-order valence-electron chi connectivity index (χ4n) is 5.72. The number of aromatic carboxylic acids is 2. The van der Waals surface area contributed by atoms with Gasteiger partial charge in [0.25, 0.3) is 32.1 Å². The molecule has 0 saturated heterocycles. The van der Waals surface area contributed by atoms with E-state index in [9.17, 15) is 60.1 Å². The third-order valence-electron chi connectivity index (χ3n) is 8.25. The number of urea groups is 1. The van der Waals surface area contributed by atoms with Gasteiger partial charge in [-0.05, 0) is 82.2 Å². The quantitative estimate of drug-likeness (QED) is 0.0645. The van der Waals surface area contributed by atoms with Crippen molar-refractivity contribution in [2.45, 2.75) is 9.79 Å². The molecule has 0 aliphatic heterocycles. The Morgan fingerprint density at radius 1 is 0.431 bits per heavy atom. The fourth-order valence-corrected chi connectivity index (χ4v) is 7.15. The van der Waals surface area contributed by atoms with Crippen LogP contribution in [0.15, 0.2) is 119 Å². The van der Waals surface area contributed by atoms with Crippen LogP contribution in [0.2, 0.25) is 0 Å². The van der Waals surface area contributed by atoms with Gasteiger partial charge in [-0.25, -0.2) is 14.4 Å². The molecule has 0 spiro atoms. The number of carboxylic acid groups (broad SMARTS) is 2. The molecule has 0 unspecified atom stereocenters. The number of carbonyl (C=O) groups excluding carboxylic acids is 3. The van der Waals surface area contributed by atoms with Gasteiger partial charge in [0.15, 0.2) is 0 Å².